The van der Waals surface area contributed by atoms with Crippen LogP contribution in [0, 0.1) is 13.8 Å². The summed E-state index contributed by atoms with van der Waals surface area (Å²) in [5.74, 6) is -0.231. The fraction of sp³-hybridized carbons (Fsp3) is 0.250. The van der Waals surface area contributed by atoms with Crippen molar-refractivity contribution in [3.8, 4) is 0 Å². The van der Waals surface area contributed by atoms with Crippen molar-refractivity contribution in [2.75, 3.05) is 5.73 Å². The van der Waals surface area contributed by atoms with E-state index in [4.69, 9.17) is 10.8 Å². The Morgan fingerprint density at radius 3 is 2.58 bits per heavy atom. The summed E-state index contributed by atoms with van der Waals surface area (Å²) in [7, 11) is 1.86. The molecule has 0 unspecified atom stereocenters. The first kappa shape index (κ1) is 13.4. The molecule has 2 rings (SSSR count). The molecule has 0 amide bonds. The summed E-state index contributed by atoms with van der Waals surface area (Å²) in [5, 5.41) is 17.8. The highest BCUT2D eigenvalue weighted by Gasteiger charge is 2.14. The lowest BCUT2D eigenvalue weighted by Gasteiger charge is -2.08. The summed E-state index contributed by atoms with van der Waals surface area (Å²) in [6.45, 7) is 3.64. The van der Waals surface area contributed by atoms with Crippen molar-refractivity contribution in [1.29, 1.82) is 0 Å². The Labute approximate surface area is 114 Å². The Morgan fingerprint density at radius 1 is 1.37 bits per heavy atom. The van der Waals surface area contributed by atoms with Gasteiger partial charge in [0.25, 0.3) is 0 Å². The summed E-state index contributed by atoms with van der Waals surface area (Å²) >= 11 is 1.36. The molecule has 0 fully saturated rings. The summed E-state index contributed by atoms with van der Waals surface area (Å²) in [6.07, 6.45) is 0. The van der Waals surface area contributed by atoms with Crippen molar-refractivity contribution < 1.29 is 9.90 Å². The van der Waals surface area contributed by atoms with Crippen LogP contribution in [-0.4, -0.2) is 25.8 Å². The molecule has 19 heavy (non-hydrogen) atoms. The zero-order chi connectivity index (χ0) is 14.2. The minimum absolute atomic E-state index is 0.112. The van der Waals surface area contributed by atoms with Crippen LogP contribution < -0.4 is 5.73 Å². The molecule has 1 aromatic heterocycles. The van der Waals surface area contributed by atoms with Crippen molar-refractivity contribution in [1.82, 2.24) is 14.8 Å². The maximum atomic E-state index is 11.1. The predicted octanol–water partition coefficient (Wildman–Crippen LogP) is 1.86. The monoisotopic (exact) mass is 278 g/mol. The third-order valence-electron chi connectivity index (χ3n) is 2.85. The van der Waals surface area contributed by atoms with E-state index in [-0.39, 0.29) is 5.56 Å². The van der Waals surface area contributed by atoms with Gasteiger partial charge in [-0.05, 0) is 43.3 Å². The van der Waals surface area contributed by atoms with Gasteiger partial charge in [-0.1, -0.05) is 0 Å². The Bertz CT molecular complexity index is 651. The standard InChI is InChI=1S/C12H14N4O2S/c1-6-4-8(5-9(10(6)13)11(17)18)19-12-15-14-7(2)16(12)3/h4-5H,13H2,1-3H3,(H,17,18). The summed E-state index contributed by atoms with van der Waals surface area (Å²) in [5.41, 5.74) is 6.90. The van der Waals surface area contributed by atoms with Crippen molar-refractivity contribution in [3.05, 3.63) is 29.1 Å². The maximum absolute atomic E-state index is 11.1. The fourth-order valence-electron chi connectivity index (χ4n) is 1.58. The summed E-state index contributed by atoms with van der Waals surface area (Å²) < 4.78 is 1.84. The molecule has 0 aliphatic rings. The van der Waals surface area contributed by atoms with E-state index in [1.54, 1.807) is 13.0 Å². The van der Waals surface area contributed by atoms with Gasteiger partial charge in [0.15, 0.2) is 5.16 Å². The van der Waals surface area contributed by atoms with Crippen molar-refractivity contribution in [2.24, 2.45) is 7.05 Å². The van der Waals surface area contributed by atoms with Crippen LogP contribution in [-0.2, 0) is 7.05 Å². The highest BCUT2D eigenvalue weighted by Crippen LogP contribution is 2.30. The van der Waals surface area contributed by atoms with E-state index >= 15 is 0 Å². The number of carbonyl (C=O) groups is 1. The number of hydrogen-bond donors (Lipinski definition) is 2. The highest BCUT2D eigenvalue weighted by atomic mass is 32.2. The normalized spacial score (nSPS) is 10.7. The Kier molecular flexibility index (Phi) is 3.48. The molecule has 0 aliphatic carbocycles. The zero-order valence-electron chi connectivity index (χ0n) is 10.8. The molecule has 0 aliphatic heterocycles. The number of benzene rings is 1. The predicted molar refractivity (Wildman–Crippen MR) is 72.4 cm³/mol. The van der Waals surface area contributed by atoms with Crippen LogP contribution >= 0.6 is 11.8 Å². The second kappa shape index (κ2) is 4.93. The van der Waals surface area contributed by atoms with Crippen LogP contribution in [0.4, 0.5) is 5.69 Å². The molecular formula is C12H14N4O2S. The minimum atomic E-state index is -1.03. The van der Waals surface area contributed by atoms with Gasteiger partial charge in [0.05, 0.1) is 5.56 Å². The number of anilines is 1. The SMILES string of the molecule is Cc1cc(Sc2nnc(C)n2C)cc(C(=O)O)c1N. The average Bonchev–Trinajstić information content (AvgIpc) is 2.65. The van der Waals surface area contributed by atoms with Gasteiger partial charge in [-0.3, -0.25) is 0 Å². The van der Waals surface area contributed by atoms with E-state index in [0.29, 0.717) is 10.8 Å². The Morgan fingerprint density at radius 2 is 2.05 bits per heavy atom. The minimum Gasteiger partial charge on any atom is -0.478 e. The number of nitrogens with two attached hydrogens (primary N) is 1. The lowest BCUT2D eigenvalue weighted by molar-refractivity contribution is 0.0697. The van der Waals surface area contributed by atoms with Gasteiger partial charge in [0.1, 0.15) is 5.82 Å². The van der Waals surface area contributed by atoms with E-state index in [2.05, 4.69) is 10.2 Å². The quantitative estimate of drug-likeness (QED) is 0.832. The first-order valence-electron chi connectivity index (χ1n) is 5.57. The topological polar surface area (TPSA) is 94.0 Å². The maximum Gasteiger partial charge on any atom is 0.337 e. The number of aromatic carboxylic acids is 1. The second-order valence-electron chi connectivity index (χ2n) is 4.20. The van der Waals surface area contributed by atoms with E-state index in [9.17, 15) is 4.79 Å². The van der Waals surface area contributed by atoms with E-state index < -0.39 is 5.97 Å². The number of rotatable bonds is 3. The number of hydrogen-bond acceptors (Lipinski definition) is 5. The number of nitrogens with zero attached hydrogens (tertiary/aromatic N) is 3. The molecule has 7 heteroatoms. The van der Waals surface area contributed by atoms with Gasteiger partial charge in [0.2, 0.25) is 0 Å². The van der Waals surface area contributed by atoms with Gasteiger partial charge >= 0.3 is 5.97 Å². The van der Waals surface area contributed by atoms with Crippen LogP contribution in [0.1, 0.15) is 21.7 Å². The summed E-state index contributed by atoms with van der Waals surface area (Å²) in [6, 6.07) is 3.40. The Balaban J connectivity index is 2.41. The molecule has 0 spiro atoms. The average molecular weight is 278 g/mol. The number of carboxylic acids is 1. The van der Waals surface area contributed by atoms with Crippen molar-refractivity contribution in [2.45, 2.75) is 23.9 Å². The molecule has 100 valence electrons. The van der Waals surface area contributed by atoms with Crippen LogP contribution in [0.3, 0.4) is 0 Å². The molecule has 0 bridgehead atoms. The van der Waals surface area contributed by atoms with Gasteiger partial charge in [-0.25, -0.2) is 4.79 Å². The molecule has 6 nitrogen and oxygen atoms in total. The highest BCUT2D eigenvalue weighted by molar-refractivity contribution is 7.99. The summed E-state index contributed by atoms with van der Waals surface area (Å²) in [4.78, 5) is 11.9. The third kappa shape index (κ3) is 2.55. The molecule has 2 aromatic rings. The fourth-order valence-corrected chi connectivity index (χ4v) is 2.56. The molecule has 1 heterocycles. The number of carboxylic acid groups (broad SMARTS) is 1. The van der Waals surface area contributed by atoms with Crippen molar-refractivity contribution in [3.63, 3.8) is 0 Å². The van der Waals surface area contributed by atoms with Gasteiger partial charge in [-0.15, -0.1) is 10.2 Å². The number of nitrogen functional groups attached to an aromatic ring is 1. The zero-order valence-corrected chi connectivity index (χ0v) is 11.7. The molecule has 3 N–H and O–H groups in total. The van der Waals surface area contributed by atoms with E-state index in [1.165, 1.54) is 11.8 Å². The van der Waals surface area contributed by atoms with Crippen LogP contribution in [0.15, 0.2) is 22.2 Å². The van der Waals surface area contributed by atoms with Gasteiger partial charge in [-0.2, -0.15) is 0 Å². The molecule has 1 aromatic carbocycles. The molecule has 0 saturated carbocycles. The number of aromatic nitrogens is 3. The van der Waals surface area contributed by atoms with Gasteiger partial charge < -0.3 is 15.4 Å². The smallest absolute Gasteiger partial charge is 0.337 e. The van der Waals surface area contributed by atoms with E-state index in [0.717, 1.165) is 16.3 Å². The molecule has 0 atom stereocenters. The Hall–Kier alpha value is -2.02. The van der Waals surface area contributed by atoms with Crippen LogP contribution in [0.2, 0.25) is 0 Å². The van der Waals surface area contributed by atoms with Crippen LogP contribution in [0.5, 0.6) is 0 Å². The molecular weight excluding hydrogens is 264 g/mol. The lowest BCUT2D eigenvalue weighted by Crippen LogP contribution is -2.04. The second-order valence-corrected chi connectivity index (χ2v) is 5.24. The van der Waals surface area contributed by atoms with Gasteiger partial charge in [0, 0.05) is 17.6 Å². The largest absolute Gasteiger partial charge is 0.478 e. The number of aryl methyl sites for hydroxylation is 2. The van der Waals surface area contributed by atoms with Crippen molar-refractivity contribution >= 4 is 23.4 Å². The molecule has 0 saturated heterocycles. The first-order chi connectivity index (χ1) is 8.90. The molecule has 0 radical (unpaired) electrons. The first-order valence-corrected chi connectivity index (χ1v) is 6.39. The van der Waals surface area contributed by atoms with Crippen LogP contribution in [0.25, 0.3) is 0 Å². The third-order valence-corrected chi connectivity index (χ3v) is 3.86. The lowest BCUT2D eigenvalue weighted by atomic mass is 10.1. The van der Waals surface area contributed by atoms with E-state index in [1.807, 2.05) is 24.6 Å².